The van der Waals surface area contributed by atoms with E-state index in [1.54, 1.807) is 17.9 Å². The topological polar surface area (TPSA) is 65.2 Å². The van der Waals surface area contributed by atoms with Crippen LogP contribution in [-0.4, -0.2) is 34.9 Å². The predicted molar refractivity (Wildman–Crippen MR) is 122 cm³/mol. The average molecular weight is 475 g/mol. The summed E-state index contributed by atoms with van der Waals surface area (Å²) >= 11 is 0. The van der Waals surface area contributed by atoms with Crippen LogP contribution in [0, 0.1) is 12.7 Å². The second kappa shape index (κ2) is 9.48. The highest BCUT2D eigenvalue weighted by molar-refractivity contribution is 5.85. The van der Waals surface area contributed by atoms with Crippen molar-refractivity contribution in [2.45, 2.75) is 44.8 Å². The number of benzene rings is 2. The van der Waals surface area contributed by atoms with Crippen LogP contribution >= 0.6 is 0 Å². The highest BCUT2D eigenvalue weighted by atomic mass is 19.4. The second-order valence-electron chi connectivity index (χ2n) is 8.68. The molecule has 2 heterocycles. The molecule has 1 saturated heterocycles. The Morgan fingerprint density at radius 1 is 1.09 bits per heavy atom. The highest BCUT2D eigenvalue weighted by Crippen LogP contribution is 2.30. The number of nitrogens with one attached hydrogen (secondary N) is 2. The number of carbonyl (C=O) groups is 1. The van der Waals surface area contributed by atoms with Crippen molar-refractivity contribution < 1.29 is 22.4 Å². The Morgan fingerprint density at radius 2 is 1.76 bits per heavy atom. The van der Waals surface area contributed by atoms with Crippen LogP contribution in [-0.2, 0) is 17.4 Å². The smallest absolute Gasteiger partial charge is 0.382 e. The molecule has 2 N–H and O–H groups in total. The van der Waals surface area contributed by atoms with Gasteiger partial charge in [0.1, 0.15) is 5.82 Å². The number of nitrogens with zero attached hydrogens (tertiary/aromatic N) is 1. The molecule has 2 aromatic carbocycles. The van der Waals surface area contributed by atoms with Gasteiger partial charge < -0.3 is 15.2 Å². The summed E-state index contributed by atoms with van der Waals surface area (Å²) in [4.78, 5) is 29.5. The van der Waals surface area contributed by atoms with E-state index in [1.165, 1.54) is 24.3 Å². The summed E-state index contributed by atoms with van der Waals surface area (Å²) in [5, 5.41) is 4.19. The van der Waals surface area contributed by atoms with Crippen molar-refractivity contribution in [2.24, 2.45) is 0 Å². The third-order valence-electron chi connectivity index (χ3n) is 6.23. The summed E-state index contributed by atoms with van der Waals surface area (Å²) in [5.41, 5.74) is 0.843. The summed E-state index contributed by atoms with van der Waals surface area (Å²) in [6, 6.07) is 9.38. The zero-order valence-electron chi connectivity index (χ0n) is 18.6. The number of amides is 1. The number of piperidine rings is 1. The van der Waals surface area contributed by atoms with Crippen LogP contribution in [0.2, 0.25) is 0 Å². The Bertz CT molecular complexity index is 1240. The van der Waals surface area contributed by atoms with Gasteiger partial charge in [-0.25, -0.2) is 4.39 Å². The number of rotatable bonds is 5. The van der Waals surface area contributed by atoms with Crippen molar-refractivity contribution >= 4 is 22.4 Å². The van der Waals surface area contributed by atoms with E-state index >= 15 is 0 Å². The monoisotopic (exact) mass is 475 g/mol. The maximum Gasteiger partial charge on any atom is 0.416 e. The van der Waals surface area contributed by atoms with Crippen molar-refractivity contribution in [1.29, 1.82) is 0 Å². The number of fused-ring (bicyclic) bond motifs is 1. The fourth-order valence-electron chi connectivity index (χ4n) is 4.36. The molecule has 1 aliphatic rings. The molecule has 0 saturated carbocycles. The number of aromatic amines is 1. The number of alkyl halides is 3. The third kappa shape index (κ3) is 5.40. The standard InChI is InChI=1S/C25H25F4N3O2/c1-15-12-17(26)13-22-21(15)14-20(31-24(22)34)6-7-23(33)32-10-8-19(9-11-32)30-18-4-2-16(3-5-18)25(27,28)29/h2-5,12-14,19,30H,6-11H2,1H3,(H,31,34). The number of aromatic nitrogens is 1. The minimum absolute atomic E-state index is 0.0234. The summed E-state index contributed by atoms with van der Waals surface area (Å²) in [5.74, 6) is -0.487. The fraction of sp³-hybridized carbons (Fsp3) is 0.360. The maximum absolute atomic E-state index is 13.6. The molecular weight excluding hydrogens is 450 g/mol. The first-order valence-corrected chi connectivity index (χ1v) is 11.1. The fourth-order valence-corrected chi connectivity index (χ4v) is 4.36. The number of hydrogen-bond donors (Lipinski definition) is 2. The van der Waals surface area contributed by atoms with Crippen molar-refractivity contribution in [2.75, 3.05) is 18.4 Å². The minimum Gasteiger partial charge on any atom is -0.382 e. The number of likely N-dealkylation sites (tertiary alicyclic amines) is 1. The van der Waals surface area contributed by atoms with Gasteiger partial charge in [0.2, 0.25) is 5.91 Å². The van der Waals surface area contributed by atoms with E-state index in [2.05, 4.69) is 10.3 Å². The van der Waals surface area contributed by atoms with Crippen molar-refractivity contribution in [3.05, 3.63) is 75.5 Å². The zero-order valence-corrected chi connectivity index (χ0v) is 18.6. The minimum atomic E-state index is -4.36. The summed E-state index contributed by atoms with van der Waals surface area (Å²) in [7, 11) is 0. The van der Waals surface area contributed by atoms with Gasteiger partial charge in [0.15, 0.2) is 0 Å². The van der Waals surface area contributed by atoms with Crippen LogP contribution in [0.15, 0.2) is 47.3 Å². The Labute approximate surface area is 193 Å². The number of anilines is 1. The van der Waals surface area contributed by atoms with Gasteiger partial charge in [-0.1, -0.05) is 0 Å². The molecule has 1 fully saturated rings. The molecule has 1 aromatic heterocycles. The molecule has 3 aromatic rings. The first-order valence-electron chi connectivity index (χ1n) is 11.1. The van der Waals surface area contributed by atoms with Crippen molar-refractivity contribution in [1.82, 2.24) is 9.88 Å². The zero-order chi connectivity index (χ0) is 24.5. The summed E-state index contributed by atoms with van der Waals surface area (Å²) < 4.78 is 51.7. The molecule has 0 atom stereocenters. The van der Waals surface area contributed by atoms with Crippen LogP contribution in [0.3, 0.4) is 0 Å². The number of hydrogen-bond acceptors (Lipinski definition) is 3. The van der Waals surface area contributed by atoms with Gasteiger partial charge in [-0.2, -0.15) is 13.2 Å². The number of halogens is 4. The first-order chi connectivity index (χ1) is 16.1. The highest BCUT2D eigenvalue weighted by Gasteiger charge is 2.30. The number of aryl methyl sites for hydroxylation is 2. The lowest BCUT2D eigenvalue weighted by Crippen LogP contribution is -2.42. The van der Waals surface area contributed by atoms with E-state index in [9.17, 15) is 27.2 Å². The van der Waals surface area contributed by atoms with Gasteiger partial charge >= 0.3 is 6.18 Å². The maximum atomic E-state index is 13.6. The van der Waals surface area contributed by atoms with E-state index in [0.717, 1.165) is 12.1 Å². The first kappa shape index (κ1) is 23.8. The molecular formula is C25H25F4N3O2. The largest absolute Gasteiger partial charge is 0.416 e. The SMILES string of the molecule is Cc1cc(F)cc2c(=O)[nH]c(CCC(=O)N3CCC(Nc4ccc(C(F)(F)F)cc4)CC3)cc12. The van der Waals surface area contributed by atoms with Gasteiger partial charge in [0.25, 0.3) is 5.56 Å². The van der Waals surface area contributed by atoms with Crippen molar-refractivity contribution in [3.8, 4) is 0 Å². The predicted octanol–water partition coefficient (Wildman–Crippen LogP) is 5.03. The Kier molecular flexibility index (Phi) is 6.63. The lowest BCUT2D eigenvalue weighted by Gasteiger charge is -2.33. The summed E-state index contributed by atoms with van der Waals surface area (Å²) in [6.07, 6.45) is -2.39. The normalized spacial score (nSPS) is 15.0. The Hall–Kier alpha value is -3.36. The van der Waals surface area contributed by atoms with Gasteiger partial charge in [-0.15, -0.1) is 0 Å². The molecule has 34 heavy (non-hydrogen) atoms. The molecule has 0 unspecified atom stereocenters. The molecule has 5 nitrogen and oxygen atoms in total. The van der Waals surface area contributed by atoms with Crippen LogP contribution in [0.1, 0.15) is 36.1 Å². The van der Waals surface area contributed by atoms with E-state index in [0.29, 0.717) is 54.7 Å². The number of carbonyl (C=O) groups excluding carboxylic acids is 1. The molecule has 1 amide bonds. The van der Waals surface area contributed by atoms with Gasteiger partial charge in [0.05, 0.1) is 10.9 Å². The quantitative estimate of drug-likeness (QED) is 0.509. The Morgan fingerprint density at radius 3 is 2.41 bits per heavy atom. The van der Waals surface area contributed by atoms with E-state index in [4.69, 9.17) is 0 Å². The van der Waals surface area contributed by atoms with Crippen LogP contribution in [0.25, 0.3) is 10.8 Å². The molecule has 9 heteroatoms. The second-order valence-corrected chi connectivity index (χ2v) is 8.68. The van der Waals surface area contributed by atoms with Gasteiger partial charge in [-0.3, -0.25) is 9.59 Å². The molecule has 0 aliphatic carbocycles. The molecule has 180 valence electrons. The Balaban J connectivity index is 1.30. The van der Waals surface area contributed by atoms with Gasteiger partial charge in [-0.05, 0) is 79.6 Å². The molecule has 0 spiro atoms. The van der Waals surface area contributed by atoms with E-state index in [1.807, 2.05) is 0 Å². The lowest BCUT2D eigenvalue weighted by molar-refractivity contribution is -0.137. The van der Waals surface area contributed by atoms with Crippen LogP contribution < -0.4 is 10.9 Å². The lowest BCUT2D eigenvalue weighted by atomic mass is 10.0. The third-order valence-corrected chi connectivity index (χ3v) is 6.23. The molecule has 4 rings (SSSR count). The average Bonchev–Trinajstić information content (AvgIpc) is 2.78. The number of H-pyrrole nitrogens is 1. The molecule has 1 aliphatic heterocycles. The van der Waals surface area contributed by atoms with E-state index in [-0.39, 0.29) is 29.3 Å². The number of pyridine rings is 1. The van der Waals surface area contributed by atoms with Crippen LogP contribution in [0.4, 0.5) is 23.2 Å². The molecule has 0 radical (unpaired) electrons. The van der Waals surface area contributed by atoms with Crippen molar-refractivity contribution in [3.63, 3.8) is 0 Å². The van der Waals surface area contributed by atoms with E-state index < -0.39 is 17.6 Å². The van der Waals surface area contributed by atoms with Crippen LogP contribution in [0.5, 0.6) is 0 Å². The summed E-state index contributed by atoms with van der Waals surface area (Å²) in [6.45, 7) is 2.83. The van der Waals surface area contributed by atoms with Gasteiger partial charge in [0, 0.05) is 36.9 Å². The molecule has 0 bridgehead atoms.